The normalized spacial score (nSPS) is 19.3. The first-order chi connectivity index (χ1) is 8.40. The molecule has 1 fully saturated rings. The fraction of sp³-hybridized carbons (Fsp3) is 0.273. The van der Waals surface area contributed by atoms with Crippen molar-refractivity contribution in [1.29, 1.82) is 0 Å². The van der Waals surface area contributed by atoms with Crippen LogP contribution < -0.4 is 10.6 Å². The molecule has 0 bridgehead atoms. The fourth-order valence-electron chi connectivity index (χ4n) is 1.89. The second-order valence-corrected chi connectivity index (χ2v) is 5.78. The number of nitrogens with zero attached hydrogens (tertiary/aromatic N) is 1. The lowest BCUT2D eigenvalue weighted by Gasteiger charge is -2.19. The van der Waals surface area contributed by atoms with Gasteiger partial charge in [-0.05, 0) is 44.0 Å². The van der Waals surface area contributed by atoms with E-state index in [1.165, 1.54) is 4.90 Å². The summed E-state index contributed by atoms with van der Waals surface area (Å²) in [6.45, 7) is 0.159. The predicted octanol–water partition coefficient (Wildman–Crippen LogP) is 2.23. The highest BCUT2D eigenvalue weighted by Crippen LogP contribution is 2.36. The number of amides is 1. The first-order valence-electron chi connectivity index (χ1n) is 5.18. The Labute approximate surface area is 120 Å². The minimum atomic E-state index is -0.958. The highest BCUT2D eigenvalue weighted by Gasteiger charge is 2.35. The molecule has 1 aliphatic heterocycles. The van der Waals surface area contributed by atoms with Gasteiger partial charge in [-0.1, -0.05) is 0 Å². The van der Waals surface area contributed by atoms with E-state index < -0.39 is 11.9 Å². The fourth-order valence-corrected chi connectivity index (χ4v) is 2.58. The van der Waals surface area contributed by atoms with Crippen molar-refractivity contribution in [2.24, 2.45) is 5.92 Å². The van der Waals surface area contributed by atoms with Gasteiger partial charge in [0.15, 0.2) is 0 Å². The Bertz CT molecular complexity index is 533. The number of anilines is 2. The minimum Gasteiger partial charge on any atom is -0.481 e. The van der Waals surface area contributed by atoms with Crippen LogP contribution in [0.1, 0.15) is 6.42 Å². The standard InChI is InChI=1S/C11H10Br2N2O3/c12-6-2-8(14)9(3-7(6)13)15-4-5(11(17)18)1-10(15)16/h2-3,5H,1,4,14H2,(H,17,18). The summed E-state index contributed by atoms with van der Waals surface area (Å²) >= 11 is 6.65. The highest BCUT2D eigenvalue weighted by molar-refractivity contribution is 9.13. The van der Waals surface area contributed by atoms with Crippen molar-refractivity contribution < 1.29 is 14.7 Å². The molecule has 1 saturated heterocycles. The largest absolute Gasteiger partial charge is 0.481 e. The summed E-state index contributed by atoms with van der Waals surface area (Å²) in [5.41, 5.74) is 6.84. The van der Waals surface area contributed by atoms with Crippen molar-refractivity contribution in [3.05, 3.63) is 21.1 Å². The van der Waals surface area contributed by atoms with Crippen molar-refractivity contribution in [3.63, 3.8) is 0 Å². The van der Waals surface area contributed by atoms with E-state index in [1.54, 1.807) is 12.1 Å². The Hall–Kier alpha value is -1.08. The molecule has 2 rings (SSSR count). The summed E-state index contributed by atoms with van der Waals surface area (Å²) in [5.74, 6) is -1.84. The van der Waals surface area contributed by atoms with Crippen LogP contribution in [0.2, 0.25) is 0 Å². The van der Waals surface area contributed by atoms with Crippen molar-refractivity contribution >= 4 is 55.1 Å². The van der Waals surface area contributed by atoms with E-state index in [0.29, 0.717) is 11.4 Å². The number of halogens is 2. The molecule has 0 aliphatic carbocycles. The number of carbonyl (C=O) groups excluding carboxylic acids is 1. The zero-order valence-electron chi connectivity index (χ0n) is 9.19. The molecule has 0 saturated carbocycles. The smallest absolute Gasteiger partial charge is 0.308 e. The molecule has 3 N–H and O–H groups in total. The summed E-state index contributed by atoms with van der Waals surface area (Å²) in [4.78, 5) is 24.1. The Balaban J connectivity index is 2.35. The van der Waals surface area contributed by atoms with E-state index in [0.717, 1.165) is 8.95 Å². The van der Waals surface area contributed by atoms with Crippen LogP contribution in [-0.4, -0.2) is 23.5 Å². The molecular formula is C11H10Br2N2O3. The topological polar surface area (TPSA) is 83.6 Å². The zero-order valence-corrected chi connectivity index (χ0v) is 12.4. The van der Waals surface area contributed by atoms with Crippen LogP contribution in [0.5, 0.6) is 0 Å². The van der Waals surface area contributed by atoms with E-state index in [4.69, 9.17) is 10.8 Å². The van der Waals surface area contributed by atoms with Gasteiger partial charge < -0.3 is 15.7 Å². The third-order valence-electron chi connectivity index (χ3n) is 2.83. The lowest BCUT2D eigenvalue weighted by atomic mass is 10.1. The lowest BCUT2D eigenvalue weighted by molar-refractivity contribution is -0.141. The van der Waals surface area contributed by atoms with Gasteiger partial charge in [0, 0.05) is 21.9 Å². The number of aliphatic carboxylic acids is 1. The van der Waals surface area contributed by atoms with Crippen LogP contribution in [0, 0.1) is 5.92 Å². The van der Waals surface area contributed by atoms with Crippen LogP contribution in [0.15, 0.2) is 21.1 Å². The van der Waals surface area contributed by atoms with Gasteiger partial charge in [-0.25, -0.2) is 0 Å². The molecular weight excluding hydrogens is 368 g/mol. The third kappa shape index (κ3) is 2.37. The number of benzene rings is 1. The molecule has 96 valence electrons. The van der Waals surface area contributed by atoms with Crippen molar-refractivity contribution in [2.45, 2.75) is 6.42 Å². The Morgan fingerprint density at radius 2 is 2.00 bits per heavy atom. The molecule has 5 nitrogen and oxygen atoms in total. The molecule has 1 atom stereocenters. The molecule has 7 heteroatoms. The summed E-state index contributed by atoms with van der Waals surface area (Å²) in [7, 11) is 0. The maximum atomic E-state index is 11.8. The van der Waals surface area contributed by atoms with Gasteiger partial charge in [0.2, 0.25) is 5.91 Å². The van der Waals surface area contributed by atoms with Gasteiger partial charge in [-0.3, -0.25) is 9.59 Å². The third-order valence-corrected chi connectivity index (χ3v) is 4.68. The molecule has 0 radical (unpaired) electrons. The molecule has 0 spiro atoms. The Morgan fingerprint density at radius 3 is 2.56 bits per heavy atom. The molecule has 1 heterocycles. The number of nitrogen functional groups attached to an aromatic ring is 1. The van der Waals surface area contributed by atoms with E-state index in [1.807, 2.05) is 0 Å². The van der Waals surface area contributed by atoms with Gasteiger partial charge in [-0.2, -0.15) is 0 Å². The predicted molar refractivity (Wildman–Crippen MR) is 74.4 cm³/mol. The lowest BCUT2D eigenvalue weighted by Crippen LogP contribution is -2.26. The van der Waals surface area contributed by atoms with Gasteiger partial charge in [0.05, 0.1) is 17.3 Å². The summed E-state index contributed by atoms with van der Waals surface area (Å²) in [5, 5.41) is 8.94. The molecule has 1 aliphatic rings. The van der Waals surface area contributed by atoms with E-state index in [2.05, 4.69) is 31.9 Å². The van der Waals surface area contributed by atoms with Crippen LogP contribution in [0.25, 0.3) is 0 Å². The quantitative estimate of drug-likeness (QED) is 0.774. The molecule has 1 aromatic rings. The number of carboxylic acids is 1. The average molecular weight is 378 g/mol. The first kappa shape index (κ1) is 13.4. The van der Waals surface area contributed by atoms with E-state index in [-0.39, 0.29) is 18.9 Å². The van der Waals surface area contributed by atoms with Crippen LogP contribution in [0.3, 0.4) is 0 Å². The molecule has 1 unspecified atom stereocenters. The molecule has 18 heavy (non-hydrogen) atoms. The summed E-state index contributed by atoms with van der Waals surface area (Å²) < 4.78 is 1.54. The van der Waals surface area contributed by atoms with Crippen LogP contribution >= 0.6 is 31.9 Å². The first-order valence-corrected chi connectivity index (χ1v) is 6.76. The van der Waals surface area contributed by atoms with Gasteiger partial charge in [0.25, 0.3) is 0 Å². The van der Waals surface area contributed by atoms with E-state index in [9.17, 15) is 9.59 Å². The second-order valence-electron chi connectivity index (χ2n) is 4.07. The maximum Gasteiger partial charge on any atom is 0.308 e. The number of carbonyl (C=O) groups is 2. The summed E-state index contributed by atoms with van der Waals surface area (Å²) in [6, 6.07) is 3.39. The van der Waals surface area contributed by atoms with E-state index >= 15 is 0 Å². The SMILES string of the molecule is Nc1cc(Br)c(Br)cc1N1CC(C(=O)O)CC1=O. The van der Waals surface area contributed by atoms with Gasteiger partial charge >= 0.3 is 5.97 Å². The number of carboxylic acid groups (broad SMARTS) is 1. The highest BCUT2D eigenvalue weighted by atomic mass is 79.9. The zero-order chi connectivity index (χ0) is 13.4. The Morgan fingerprint density at radius 1 is 1.39 bits per heavy atom. The van der Waals surface area contributed by atoms with Crippen molar-refractivity contribution in [3.8, 4) is 0 Å². The number of hydrogen-bond acceptors (Lipinski definition) is 3. The molecule has 1 aromatic carbocycles. The average Bonchev–Trinajstić information content (AvgIpc) is 2.66. The number of rotatable bonds is 2. The second kappa shape index (κ2) is 4.89. The monoisotopic (exact) mass is 376 g/mol. The summed E-state index contributed by atoms with van der Waals surface area (Å²) in [6.07, 6.45) is 0.0163. The van der Waals surface area contributed by atoms with Crippen molar-refractivity contribution in [1.82, 2.24) is 0 Å². The number of hydrogen-bond donors (Lipinski definition) is 2. The van der Waals surface area contributed by atoms with Crippen LogP contribution in [-0.2, 0) is 9.59 Å². The van der Waals surface area contributed by atoms with Crippen molar-refractivity contribution in [2.75, 3.05) is 17.2 Å². The Kier molecular flexibility index (Phi) is 3.63. The van der Waals surface area contributed by atoms with Gasteiger partial charge in [-0.15, -0.1) is 0 Å². The number of nitrogens with two attached hydrogens (primary N) is 1. The maximum absolute atomic E-state index is 11.8. The van der Waals surface area contributed by atoms with Gasteiger partial charge in [0.1, 0.15) is 0 Å². The minimum absolute atomic E-state index is 0.0163. The molecule has 0 aromatic heterocycles. The van der Waals surface area contributed by atoms with Crippen LogP contribution in [0.4, 0.5) is 11.4 Å². The molecule has 1 amide bonds.